The molecule has 0 fully saturated rings. The lowest BCUT2D eigenvalue weighted by Crippen LogP contribution is -2.10. The van der Waals surface area contributed by atoms with E-state index in [1.54, 1.807) is 5.38 Å². The molecule has 16 heavy (non-hydrogen) atoms. The summed E-state index contributed by atoms with van der Waals surface area (Å²) in [7, 11) is 0. The Morgan fingerprint density at radius 1 is 1.31 bits per heavy atom. The molecule has 82 valence electrons. The van der Waals surface area contributed by atoms with Gasteiger partial charge in [-0.05, 0) is 0 Å². The quantitative estimate of drug-likeness (QED) is 0.848. The SMILES string of the molecule is Nc1nc(Cl)c(Cl)nc1C(=O)c1nccs1. The van der Waals surface area contributed by atoms with Gasteiger partial charge in [-0.1, -0.05) is 23.2 Å². The van der Waals surface area contributed by atoms with Crippen LogP contribution in [0.15, 0.2) is 11.6 Å². The van der Waals surface area contributed by atoms with Crippen molar-refractivity contribution in [2.75, 3.05) is 5.73 Å². The molecule has 5 nitrogen and oxygen atoms in total. The molecular weight excluding hydrogens is 271 g/mol. The number of nitrogens with two attached hydrogens (primary N) is 1. The summed E-state index contributed by atoms with van der Waals surface area (Å²) in [5.74, 6) is -0.479. The van der Waals surface area contributed by atoms with Crippen molar-refractivity contribution in [3.05, 3.63) is 32.6 Å². The maximum Gasteiger partial charge on any atom is 0.243 e. The maximum atomic E-state index is 11.9. The Morgan fingerprint density at radius 2 is 2.00 bits per heavy atom. The molecule has 2 heterocycles. The molecule has 8 heteroatoms. The van der Waals surface area contributed by atoms with Gasteiger partial charge < -0.3 is 5.73 Å². The fourth-order valence-corrected chi connectivity index (χ4v) is 1.85. The van der Waals surface area contributed by atoms with Gasteiger partial charge in [-0.2, -0.15) is 0 Å². The number of halogens is 2. The summed E-state index contributed by atoms with van der Waals surface area (Å²) in [6, 6.07) is 0. The van der Waals surface area contributed by atoms with Crippen LogP contribution in [0.25, 0.3) is 0 Å². The molecular formula is C8H4Cl2N4OS. The van der Waals surface area contributed by atoms with Gasteiger partial charge in [0.05, 0.1) is 0 Å². The number of thiazole rings is 1. The molecule has 2 aromatic rings. The lowest BCUT2D eigenvalue weighted by Gasteiger charge is -2.02. The number of ketones is 1. The molecule has 0 aliphatic carbocycles. The highest BCUT2D eigenvalue weighted by Crippen LogP contribution is 2.22. The molecule has 0 aliphatic rings. The molecule has 0 bridgehead atoms. The summed E-state index contributed by atoms with van der Waals surface area (Å²) < 4.78 is 0. The topological polar surface area (TPSA) is 81.8 Å². The largest absolute Gasteiger partial charge is 0.382 e. The Labute approximate surface area is 104 Å². The van der Waals surface area contributed by atoms with Crippen LogP contribution >= 0.6 is 34.5 Å². The van der Waals surface area contributed by atoms with Gasteiger partial charge in [-0.25, -0.2) is 15.0 Å². The van der Waals surface area contributed by atoms with Crippen LogP contribution in [-0.2, 0) is 0 Å². The van der Waals surface area contributed by atoms with Gasteiger partial charge in [0.1, 0.15) is 0 Å². The van der Waals surface area contributed by atoms with Crippen molar-refractivity contribution in [2.24, 2.45) is 0 Å². The Kier molecular flexibility index (Phi) is 3.04. The smallest absolute Gasteiger partial charge is 0.243 e. The number of anilines is 1. The molecule has 0 aliphatic heterocycles. The summed E-state index contributed by atoms with van der Waals surface area (Å²) in [5.41, 5.74) is 5.50. The zero-order valence-electron chi connectivity index (χ0n) is 7.65. The van der Waals surface area contributed by atoms with Crippen molar-refractivity contribution in [1.82, 2.24) is 15.0 Å². The first-order valence-corrected chi connectivity index (χ1v) is 5.66. The van der Waals surface area contributed by atoms with Crippen LogP contribution < -0.4 is 5.73 Å². The molecule has 0 radical (unpaired) electrons. The minimum atomic E-state index is -0.418. The summed E-state index contributed by atoms with van der Waals surface area (Å²) >= 11 is 12.5. The maximum absolute atomic E-state index is 11.9. The van der Waals surface area contributed by atoms with Gasteiger partial charge in [0.15, 0.2) is 26.8 Å². The van der Waals surface area contributed by atoms with Gasteiger partial charge in [-0.3, -0.25) is 4.79 Å². The van der Waals surface area contributed by atoms with Crippen LogP contribution in [0.4, 0.5) is 5.82 Å². The summed E-state index contributed by atoms with van der Waals surface area (Å²) in [5, 5.41) is 1.86. The fourth-order valence-electron chi connectivity index (χ4n) is 1.01. The Hall–Kier alpha value is -1.24. The highest BCUT2D eigenvalue weighted by atomic mass is 35.5. The molecule has 0 spiro atoms. The fraction of sp³-hybridized carbons (Fsp3) is 0. The number of nitrogens with zero attached hydrogens (tertiary/aromatic N) is 3. The number of rotatable bonds is 2. The van der Waals surface area contributed by atoms with Crippen LogP contribution in [-0.4, -0.2) is 20.7 Å². The standard InChI is InChI=1S/C8H4Cl2N4OS/c9-5-6(10)14-7(11)3(13-5)4(15)8-12-1-2-16-8/h1-2H,(H2,11,14). The summed E-state index contributed by atoms with van der Waals surface area (Å²) in [6.45, 7) is 0. The van der Waals surface area contributed by atoms with Crippen LogP contribution in [0.3, 0.4) is 0 Å². The second-order valence-electron chi connectivity index (χ2n) is 2.71. The van der Waals surface area contributed by atoms with Crippen LogP contribution in [0.1, 0.15) is 15.5 Å². The second kappa shape index (κ2) is 4.32. The normalized spacial score (nSPS) is 10.4. The number of aromatic nitrogens is 3. The number of hydrogen-bond donors (Lipinski definition) is 1. The molecule has 0 atom stereocenters. The van der Waals surface area contributed by atoms with E-state index in [-0.39, 0.29) is 26.8 Å². The van der Waals surface area contributed by atoms with Crippen molar-refractivity contribution >= 4 is 46.1 Å². The van der Waals surface area contributed by atoms with E-state index in [1.807, 2.05) is 0 Å². The van der Waals surface area contributed by atoms with Crippen molar-refractivity contribution in [2.45, 2.75) is 0 Å². The van der Waals surface area contributed by atoms with Gasteiger partial charge in [0.25, 0.3) is 0 Å². The summed E-state index contributed by atoms with van der Waals surface area (Å²) in [6.07, 6.45) is 1.51. The Morgan fingerprint density at radius 3 is 2.62 bits per heavy atom. The lowest BCUT2D eigenvalue weighted by molar-refractivity contribution is 0.103. The van der Waals surface area contributed by atoms with E-state index in [1.165, 1.54) is 17.5 Å². The Bertz CT molecular complexity index is 543. The zero-order chi connectivity index (χ0) is 11.7. The van der Waals surface area contributed by atoms with E-state index in [0.29, 0.717) is 0 Å². The summed E-state index contributed by atoms with van der Waals surface area (Å²) in [4.78, 5) is 23.2. The van der Waals surface area contributed by atoms with Crippen LogP contribution in [0.5, 0.6) is 0 Å². The molecule has 0 aromatic carbocycles. The van der Waals surface area contributed by atoms with E-state index in [2.05, 4.69) is 15.0 Å². The average Bonchev–Trinajstić information content (AvgIpc) is 2.75. The third-order valence-corrected chi connectivity index (χ3v) is 3.08. The highest BCUT2D eigenvalue weighted by Gasteiger charge is 2.19. The van der Waals surface area contributed by atoms with E-state index >= 15 is 0 Å². The minimum Gasteiger partial charge on any atom is -0.382 e. The molecule has 0 unspecified atom stereocenters. The average molecular weight is 275 g/mol. The monoisotopic (exact) mass is 274 g/mol. The van der Waals surface area contributed by atoms with E-state index in [4.69, 9.17) is 28.9 Å². The molecule has 2 aromatic heterocycles. The molecule has 0 amide bonds. The van der Waals surface area contributed by atoms with Crippen LogP contribution in [0.2, 0.25) is 10.3 Å². The zero-order valence-corrected chi connectivity index (χ0v) is 9.97. The van der Waals surface area contributed by atoms with Crippen molar-refractivity contribution < 1.29 is 4.79 Å². The van der Waals surface area contributed by atoms with E-state index < -0.39 is 5.78 Å². The minimum absolute atomic E-state index is 0.0325. The first-order chi connectivity index (χ1) is 7.59. The third kappa shape index (κ3) is 1.99. The number of carbonyl (C=O) groups is 1. The predicted molar refractivity (Wildman–Crippen MR) is 62.0 cm³/mol. The predicted octanol–water partition coefficient (Wildman–Crippen LogP) is 2.05. The van der Waals surface area contributed by atoms with E-state index in [0.717, 1.165) is 0 Å². The van der Waals surface area contributed by atoms with Gasteiger partial charge in [0.2, 0.25) is 5.78 Å². The molecule has 2 N–H and O–H groups in total. The molecule has 2 rings (SSSR count). The second-order valence-corrected chi connectivity index (χ2v) is 4.32. The first kappa shape index (κ1) is 11.3. The van der Waals surface area contributed by atoms with Crippen LogP contribution in [0, 0.1) is 0 Å². The molecule has 0 saturated heterocycles. The van der Waals surface area contributed by atoms with Crippen molar-refractivity contribution in [3.8, 4) is 0 Å². The molecule has 0 saturated carbocycles. The van der Waals surface area contributed by atoms with E-state index in [9.17, 15) is 4.79 Å². The number of nitrogen functional groups attached to an aromatic ring is 1. The van der Waals surface area contributed by atoms with Crippen molar-refractivity contribution in [1.29, 1.82) is 0 Å². The van der Waals surface area contributed by atoms with Gasteiger partial charge in [-0.15, -0.1) is 11.3 Å². The Balaban J connectivity index is 2.49. The first-order valence-electron chi connectivity index (χ1n) is 4.02. The number of hydrogen-bond acceptors (Lipinski definition) is 6. The highest BCUT2D eigenvalue weighted by molar-refractivity contribution is 7.11. The number of carbonyl (C=O) groups excluding carboxylic acids is 1. The van der Waals surface area contributed by atoms with Gasteiger partial charge >= 0.3 is 0 Å². The van der Waals surface area contributed by atoms with Crippen molar-refractivity contribution in [3.63, 3.8) is 0 Å². The van der Waals surface area contributed by atoms with Gasteiger partial charge in [0, 0.05) is 11.6 Å². The third-order valence-electron chi connectivity index (χ3n) is 1.68. The lowest BCUT2D eigenvalue weighted by atomic mass is 10.3.